The molecule has 0 aliphatic carbocycles. The number of rotatable bonds is 9. The van der Waals surface area contributed by atoms with Gasteiger partial charge in [0, 0.05) is 6.42 Å². The number of hydrogen-bond donors (Lipinski definition) is 0. The van der Waals surface area contributed by atoms with Gasteiger partial charge in [-0.05, 0) is 18.8 Å². The number of alkyl halides is 14. The molecule has 0 rings (SSSR count). The Balaban J connectivity index is 0. The van der Waals surface area contributed by atoms with Crippen molar-refractivity contribution in [2.24, 2.45) is 5.92 Å². The molecular formula is C17H24F14. The smallest absolute Gasteiger partial charge is 0.224 e. The summed E-state index contributed by atoms with van der Waals surface area (Å²) in [7, 11) is 0. The van der Waals surface area contributed by atoms with Crippen LogP contribution in [-0.2, 0) is 0 Å². The molecule has 1 unspecified atom stereocenters. The first kappa shape index (κ1) is 32.2. The van der Waals surface area contributed by atoms with E-state index in [0.29, 0.717) is 6.42 Å². The van der Waals surface area contributed by atoms with E-state index < -0.39 is 67.6 Å². The zero-order valence-corrected chi connectivity index (χ0v) is 16.8. The first-order valence-electron chi connectivity index (χ1n) is 9.28. The van der Waals surface area contributed by atoms with Gasteiger partial charge in [-0.1, -0.05) is 46.5 Å². The number of halogens is 14. The molecule has 0 amide bonds. The zero-order chi connectivity index (χ0) is 25.5. The molecule has 0 spiro atoms. The normalized spacial score (nSPS) is 15.4. The molecule has 0 bridgehead atoms. The monoisotopic (exact) mass is 494 g/mol. The van der Waals surface area contributed by atoms with Crippen LogP contribution in [-0.4, -0.2) is 36.0 Å². The summed E-state index contributed by atoms with van der Waals surface area (Å²) < 4.78 is 179. The lowest BCUT2D eigenvalue weighted by molar-refractivity contribution is -0.350. The van der Waals surface area contributed by atoms with Gasteiger partial charge in [0.1, 0.15) is 0 Å². The van der Waals surface area contributed by atoms with Gasteiger partial charge in [-0.15, -0.1) is 0 Å². The first-order chi connectivity index (χ1) is 13.6. The Bertz CT molecular complexity index is 469. The Morgan fingerprint density at radius 1 is 0.516 bits per heavy atom. The largest absolute Gasteiger partial charge is 0.431 e. The van der Waals surface area contributed by atoms with Crippen molar-refractivity contribution >= 4 is 0 Å². The van der Waals surface area contributed by atoms with E-state index in [1.54, 1.807) is 6.92 Å². The Morgan fingerprint density at radius 2 is 0.871 bits per heavy atom. The molecule has 0 aliphatic heterocycles. The zero-order valence-electron chi connectivity index (χ0n) is 16.8. The second-order valence-corrected chi connectivity index (χ2v) is 6.70. The van der Waals surface area contributed by atoms with Crippen molar-refractivity contribution in [3.63, 3.8) is 0 Å². The summed E-state index contributed by atoms with van der Waals surface area (Å²) in [5.74, 6) is -2.23. The van der Waals surface area contributed by atoms with E-state index in [9.17, 15) is 61.5 Å². The lowest BCUT2D eigenvalue weighted by atomic mass is 9.82. The fraction of sp³-hybridized carbons (Fsp3) is 1.00. The van der Waals surface area contributed by atoms with Crippen LogP contribution in [0, 0.1) is 5.92 Å². The van der Waals surface area contributed by atoms with Crippen LogP contribution in [0.3, 0.4) is 0 Å². The molecule has 0 saturated carbocycles. The fourth-order valence-electron chi connectivity index (χ4n) is 2.67. The van der Waals surface area contributed by atoms with E-state index in [0.717, 1.165) is 0 Å². The van der Waals surface area contributed by atoms with E-state index in [1.165, 1.54) is 0 Å². The summed E-state index contributed by atoms with van der Waals surface area (Å²) in [5.41, 5.74) is -11.7. The maximum absolute atomic E-state index is 13.9. The topological polar surface area (TPSA) is 0 Å². The molecule has 1 atom stereocenters. The third kappa shape index (κ3) is 8.14. The molecule has 14 heteroatoms. The third-order valence-corrected chi connectivity index (χ3v) is 4.48. The van der Waals surface area contributed by atoms with E-state index >= 15 is 0 Å². The second kappa shape index (κ2) is 11.2. The summed E-state index contributed by atoms with van der Waals surface area (Å²) in [6.45, 7) is 5.54. The predicted molar refractivity (Wildman–Crippen MR) is 84.7 cm³/mol. The van der Waals surface area contributed by atoms with E-state index in [-0.39, 0.29) is 12.8 Å². The molecule has 0 nitrogen and oxygen atoms in total. The quantitative estimate of drug-likeness (QED) is 0.222. The van der Waals surface area contributed by atoms with Crippen LogP contribution in [0.4, 0.5) is 61.5 Å². The van der Waals surface area contributed by atoms with Crippen molar-refractivity contribution in [3.8, 4) is 0 Å². The lowest BCUT2D eigenvalue weighted by Gasteiger charge is -2.35. The number of hydrogen-bond acceptors (Lipinski definition) is 0. The minimum absolute atomic E-state index is 0.160. The van der Waals surface area contributed by atoms with Gasteiger partial charge in [0.15, 0.2) is 0 Å². The number of unbranched alkanes of at least 4 members (excludes halogenated alkanes) is 2. The van der Waals surface area contributed by atoms with Gasteiger partial charge in [0.25, 0.3) is 11.3 Å². The van der Waals surface area contributed by atoms with Crippen molar-refractivity contribution in [2.75, 3.05) is 0 Å². The third-order valence-electron chi connectivity index (χ3n) is 4.48. The molecular weight excluding hydrogens is 470 g/mol. The lowest BCUT2D eigenvalue weighted by Crippen LogP contribution is -2.55. The SMILES string of the molecule is CC.CCCCCC(CCC(F)(C(F)(F)F)C(F)(F)F)CC(F)(C(F)(F)F)C(F)(F)F. The van der Waals surface area contributed by atoms with Gasteiger partial charge in [0.05, 0.1) is 0 Å². The van der Waals surface area contributed by atoms with Crippen molar-refractivity contribution < 1.29 is 61.5 Å². The van der Waals surface area contributed by atoms with Crippen molar-refractivity contribution in [3.05, 3.63) is 0 Å². The molecule has 190 valence electrons. The maximum atomic E-state index is 13.9. The van der Waals surface area contributed by atoms with Gasteiger partial charge in [0.2, 0.25) is 0 Å². The van der Waals surface area contributed by atoms with Crippen molar-refractivity contribution in [1.29, 1.82) is 0 Å². The molecule has 0 aromatic heterocycles. The summed E-state index contributed by atoms with van der Waals surface area (Å²) >= 11 is 0. The highest BCUT2D eigenvalue weighted by atomic mass is 19.4. The van der Waals surface area contributed by atoms with Crippen LogP contribution in [0.5, 0.6) is 0 Å². The molecule has 0 saturated heterocycles. The summed E-state index contributed by atoms with van der Waals surface area (Å²) in [4.78, 5) is 0. The van der Waals surface area contributed by atoms with Gasteiger partial charge in [-0.3, -0.25) is 0 Å². The summed E-state index contributed by atoms with van der Waals surface area (Å²) in [6, 6.07) is 0. The van der Waals surface area contributed by atoms with E-state index in [1.807, 2.05) is 13.8 Å². The Kier molecular flexibility index (Phi) is 11.7. The molecule has 0 heterocycles. The van der Waals surface area contributed by atoms with Crippen LogP contribution >= 0.6 is 0 Å². The standard InChI is InChI=1S/C15H18F14.C2H6/c1-2-3-4-5-9(8-11(17,14(24,25)26)15(27,28)29)6-7-10(16,12(18,19)20)13(21,22)23;1-2/h9H,2-8H2,1H3;1-2H3. The Hall–Kier alpha value is -0.980. The van der Waals surface area contributed by atoms with Crippen molar-refractivity contribution in [1.82, 2.24) is 0 Å². The second-order valence-electron chi connectivity index (χ2n) is 6.70. The molecule has 31 heavy (non-hydrogen) atoms. The summed E-state index contributed by atoms with van der Waals surface area (Å²) in [6.07, 6.45) is -33.1. The van der Waals surface area contributed by atoms with Crippen LogP contribution in [0.1, 0.15) is 65.7 Å². The Morgan fingerprint density at radius 3 is 1.16 bits per heavy atom. The maximum Gasteiger partial charge on any atom is 0.431 e. The van der Waals surface area contributed by atoms with E-state index in [2.05, 4.69) is 0 Å². The fourth-order valence-corrected chi connectivity index (χ4v) is 2.67. The van der Waals surface area contributed by atoms with Crippen LogP contribution in [0.25, 0.3) is 0 Å². The molecule has 0 fully saturated rings. The van der Waals surface area contributed by atoms with Crippen LogP contribution in [0.2, 0.25) is 0 Å². The first-order valence-corrected chi connectivity index (χ1v) is 9.28. The molecule has 0 aromatic carbocycles. The van der Waals surface area contributed by atoms with Gasteiger partial charge < -0.3 is 0 Å². The molecule has 0 aromatic rings. The summed E-state index contributed by atoms with van der Waals surface area (Å²) in [5, 5.41) is 0. The highest BCUT2D eigenvalue weighted by molar-refractivity contribution is 4.98. The minimum Gasteiger partial charge on any atom is -0.224 e. The van der Waals surface area contributed by atoms with Crippen molar-refractivity contribution in [2.45, 2.75) is 102 Å². The van der Waals surface area contributed by atoms with E-state index in [4.69, 9.17) is 0 Å². The molecule has 0 N–H and O–H groups in total. The van der Waals surface area contributed by atoms with Gasteiger partial charge in [-0.25, -0.2) is 8.78 Å². The van der Waals surface area contributed by atoms with Gasteiger partial charge in [-0.2, -0.15) is 52.7 Å². The minimum atomic E-state index is -6.52. The molecule has 0 aliphatic rings. The average Bonchev–Trinajstić information content (AvgIpc) is 2.57. The Labute approximate surface area is 170 Å². The van der Waals surface area contributed by atoms with Gasteiger partial charge >= 0.3 is 24.7 Å². The predicted octanol–water partition coefficient (Wildman–Crippen LogP) is 9.05. The van der Waals surface area contributed by atoms with Crippen LogP contribution in [0.15, 0.2) is 0 Å². The highest BCUT2D eigenvalue weighted by Gasteiger charge is 2.74. The average molecular weight is 494 g/mol. The highest BCUT2D eigenvalue weighted by Crippen LogP contribution is 2.53. The molecule has 0 radical (unpaired) electrons. The van der Waals surface area contributed by atoms with Crippen LogP contribution < -0.4 is 0 Å².